The molecule has 51 heavy (non-hydrogen) atoms. The zero-order valence-electron chi connectivity index (χ0n) is 29.8. The molecule has 3 aliphatic rings. The van der Waals surface area contributed by atoms with Gasteiger partial charge in [0.25, 0.3) is 11.7 Å². The number of nitrogens with zero attached hydrogens (tertiary/aromatic N) is 2. The molecule has 15 nitrogen and oxygen atoms in total. The first-order valence-corrected chi connectivity index (χ1v) is 16.5. The first-order valence-electron chi connectivity index (χ1n) is 16.5. The number of Topliss-reactive ketones (excluding diaryl/α,β-unsaturated/α-hetero) is 1. The van der Waals surface area contributed by atoms with E-state index in [0.29, 0.717) is 0 Å². The zero-order chi connectivity index (χ0) is 38.1. The molecule has 1 amide bonds. The molecule has 0 aliphatic carbocycles. The summed E-state index contributed by atoms with van der Waals surface area (Å²) in [7, 11) is 1.43. The number of phenols is 2. The largest absolute Gasteiger partial charge is 0.507 e. The molecule has 0 radical (unpaired) electrons. The normalized spacial score (nSPS) is 33.0. The van der Waals surface area contributed by atoms with E-state index in [1.54, 1.807) is 39.8 Å². The summed E-state index contributed by atoms with van der Waals surface area (Å²) >= 11 is 0. The molecule has 0 saturated heterocycles. The van der Waals surface area contributed by atoms with E-state index in [2.05, 4.69) is 15.5 Å². The number of allylic oxidation sites excluding steroid dienone is 2. The van der Waals surface area contributed by atoms with Crippen LogP contribution in [0, 0.1) is 36.0 Å². The number of carbonyl (C=O) groups excluding carboxylic acids is 2. The second-order valence-electron chi connectivity index (χ2n) is 13.4. The van der Waals surface area contributed by atoms with E-state index in [4.69, 9.17) is 25.4 Å². The summed E-state index contributed by atoms with van der Waals surface area (Å²) in [4.78, 5) is 27.4. The average Bonchev–Trinajstić information content (AvgIpc) is 3.36. The summed E-state index contributed by atoms with van der Waals surface area (Å²) in [5.74, 6) is -7.55. The number of anilines is 1. The Balaban J connectivity index is 1.93. The van der Waals surface area contributed by atoms with E-state index in [1.807, 2.05) is 0 Å². The second kappa shape index (κ2) is 15.2. The highest BCUT2D eigenvalue weighted by Gasteiger charge is 2.49. The molecule has 15 heteroatoms. The zero-order valence-corrected chi connectivity index (χ0v) is 29.8. The lowest BCUT2D eigenvalue weighted by Crippen LogP contribution is -2.44. The summed E-state index contributed by atoms with van der Waals surface area (Å²) in [5.41, 5.74) is 5.26. The smallest absolute Gasteiger partial charge is 0.312 e. The number of aliphatic hydroxyl groups is 3. The van der Waals surface area contributed by atoms with E-state index in [9.17, 15) is 35.1 Å². The number of hydrogen-bond donors (Lipinski definition) is 8. The molecule has 0 fully saturated rings. The van der Waals surface area contributed by atoms with Crippen LogP contribution in [-0.2, 0) is 14.3 Å². The van der Waals surface area contributed by atoms with E-state index < -0.39 is 83.0 Å². The van der Waals surface area contributed by atoms with Gasteiger partial charge in [-0.2, -0.15) is 0 Å². The van der Waals surface area contributed by atoms with Crippen molar-refractivity contribution in [3.05, 3.63) is 53.3 Å². The van der Waals surface area contributed by atoms with Crippen molar-refractivity contribution in [3.63, 3.8) is 0 Å². The molecule has 0 aromatic heterocycles. The fraction of sp³-hybridized carbons (Fsp3) is 0.472. The van der Waals surface area contributed by atoms with Gasteiger partial charge >= 0.3 is 5.79 Å². The number of guanidine groups is 1. The molecule has 0 saturated carbocycles. The van der Waals surface area contributed by atoms with Gasteiger partial charge in [0, 0.05) is 54.2 Å². The van der Waals surface area contributed by atoms with Crippen molar-refractivity contribution in [2.24, 2.45) is 39.6 Å². The van der Waals surface area contributed by atoms with Crippen LogP contribution in [-0.4, -0.2) is 80.5 Å². The van der Waals surface area contributed by atoms with Crippen LogP contribution in [0.15, 0.2) is 52.4 Å². The minimum absolute atomic E-state index is 0.0622. The monoisotopic (exact) mass is 709 g/mol. The quantitative estimate of drug-likeness (QED) is 0.0936. The Hall–Kier alpha value is -4.83. The predicted molar refractivity (Wildman–Crippen MR) is 189 cm³/mol. The van der Waals surface area contributed by atoms with E-state index in [0.717, 1.165) is 0 Å². The van der Waals surface area contributed by atoms with Crippen LogP contribution in [0.4, 0.5) is 11.4 Å². The fourth-order valence-corrected chi connectivity index (χ4v) is 6.45. The number of hydrogen-bond acceptors (Lipinski definition) is 12. The second-order valence-corrected chi connectivity index (χ2v) is 13.4. The summed E-state index contributed by atoms with van der Waals surface area (Å²) < 4.78 is 17.5. The highest BCUT2D eigenvalue weighted by atomic mass is 16.7. The minimum atomic E-state index is -1.99. The molecule has 276 valence electrons. The van der Waals surface area contributed by atoms with Crippen LogP contribution < -0.4 is 15.8 Å². The average molecular weight is 710 g/mol. The summed E-state index contributed by atoms with van der Waals surface area (Å²) in [6, 6.07) is 1.21. The number of nitrogens with one attached hydrogen (secondary N) is 2. The maximum Gasteiger partial charge on any atom is 0.312 e. The van der Waals surface area contributed by atoms with Crippen molar-refractivity contribution in [1.82, 2.24) is 0 Å². The molecule has 5 bridgehead atoms. The van der Waals surface area contributed by atoms with Gasteiger partial charge in [0.2, 0.25) is 5.96 Å². The van der Waals surface area contributed by atoms with Crippen molar-refractivity contribution < 1.29 is 49.3 Å². The number of amides is 1. The van der Waals surface area contributed by atoms with E-state index in [-0.39, 0.29) is 44.6 Å². The number of ketones is 1. The molecule has 2 aromatic rings. The highest BCUT2D eigenvalue weighted by molar-refractivity contribution is 6.22. The van der Waals surface area contributed by atoms with Crippen molar-refractivity contribution >= 4 is 39.8 Å². The number of benzene rings is 2. The minimum Gasteiger partial charge on any atom is -0.507 e. The van der Waals surface area contributed by atoms with Gasteiger partial charge in [0.15, 0.2) is 5.75 Å². The van der Waals surface area contributed by atoms with Crippen molar-refractivity contribution in [2.45, 2.75) is 78.7 Å². The third-order valence-corrected chi connectivity index (χ3v) is 9.84. The Morgan fingerprint density at radius 2 is 1.61 bits per heavy atom. The fourth-order valence-electron chi connectivity index (χ4n) is 6.45. The first-order chi connectivity index (χ1) is 23.9. The lowest BCUT2D eigenvalue weighted by atomic mass is 9.78. The number of fused-ring (bicyclic) bond motifs is 14. The third-order valence-electron chi connectivity index (χ3n) is 9.84. The third kappa shape index (κ3) is 7.47. The summed E-state index contributed by atoms with van der Waals surface area (Å²) in [5, 5.41) is 73.7. The topological polar surface area (TPSA) is 250 Å². The lowest BCUT2D eigenvalue weighted by Gasteiger charge is -2.36. The lowest BCUT2D eigenvalue weighted by molar-refractivity contribution is -0.112. The van der Waals surface area contributed by atoms with Crippen molar-refractivity contribution in [1.29, 1.82) is 5.41 Å². The number of carbonyl (C=O) groups is 2. The maximum absolute atomic E-state index is 14.1. The van der Waals surface area contributed by atoms with Gasteiger partial charge in [-0.15, -0.1) is 10.2 Å². The highest BCUT2D eigenvalue weighted by Crippen LogP contribution is 2.54. The van der Waals surface area contributed by atoms with Crippen LogP contribution in [0.25, 0.3) is 10.8 Å². The molecule has 3 heterocycles. The van der Waals surface area contributed by atoms with Crippen LogP contribution in [0.2, 0.25) is 0 Å². The molecule has 2 aromatic carbocycles. The first kappa shape index (κ1) is 39.0. The number of aromatic hydroxyl groups is 2. The van der Waals surface area contributed by atoms with Crippen LogP contribution in [0.3, 0.4) is 0 Å². The number of ether oxygens (including phenoxy) is 3. The van der Waals surface area contributed by atoms with Gasteiger partial charge in [-0.3, -0.25) is 15.0 Å². The number of rotatable bonds is 2. The summed E-state index contributed by atoms with van der Waals surface area (Å²) in [6.45, 7) is 11.2. The molecule has 9 unspecified atom stereocenters. The van der Waals surface area contributed by atoms with Gasteiger partial charge in [-0.1, -0.05) is 45.9 Å². The van der Waals surface area contributed by atoms with E-state index >= 15 is 0 Å². The Bertz CT molecular complexity index is 1840. The maximum atomic E-state index is 14.1. The number of methoxy groups -OCH3 is 1. The molecular weight excluding hydrogens is 662 g/mol. The predicted octanol–water partition coefficient (Wildman–Crippen LogP) is 4.45. The Morgan fingerprint density at radius 3 is 2.24 bits per heavy atom. The van der Waals surface area contributed by atoms with Gasteiger partial charge in [0.05, 0.1) is 53.0 Å². The van der Waals surface area contributed by atoms with Gasteiger partial charge in [-0.05, 0) is 26.0 Å². The Morgan fingerprint density at radius 1 is 0.980 bits per heavy atom. The molecule has 9 N–H and O–H groups in total. The van der Waals surface area contributed by atoms with Gasteiger partial charge in [0.1, 0.15) is 11.5 Å². The Labute approximate surface area is 295 Å². The van der Waals surface area contributed by atoms with Gasteiger partial charge in [-0.25, -0.2) is 0 Å². The van der Waals surface area contributed by atoms with Gasteiger partial charge < -0.3 is 50.8 Å². The molecular formula is C36H47N5O10. The van der Waals surface area contributed by atoms with Crippen LogP contribution >= 0.6 is 0 Å². The van der Waals surface area contributed by atoms with E-state index in [1.165, 1.54) is 52.4 Å². The number of nitrogens with two attached hydrogens (primary N) is 1. The molecule has 9 atom stereocenters. The SMILES string of the molecule is COC1/C=C/OC2(C)Oc3c(C)c(O)c4c(O)c(cc(N=NC(=N)N)c4c3C2=O)NC(=O)/C(C)=C\C=C\C(C)C(O)C(C)C(O)C(C)C(O)C1C. The molecule has 3 aliphatic heterocycles. The van der Waals surface area contributed by atoms with Crippen molar-refractivity contribution in [3.8, 4) is 17.2 Å². The van der Waals surface area contributed by atoms with Crippen LogP contribution in [0.1, 0.15) is 57.5 Å². The summed E-state index contributed by atoms with van der Waals surface area (Å²) in [6.07, 6.45) is 3.45. The number of phenolic OH excluding ortho intramolecular Hbond substituents is 2. The van der Waals surface area contributed by atoms with Crippen LogP contribution in [0.5, 0.6) is 17.2 Å². The molecule has 5 rings (SSSR count). The molecule has 0 spiro atoms. The number of azo groups is 1. The number of aliphatic hydroxyl groups excluding tert-OH is 3. The standard InChI is InChI=1S/C36H47N5O10/c1-15-10-9-11-16(2)34(48)39-22-14-21(40-41-35(37)38)24-25(31(22)46)30(45)20(6)32-26(24)33(47)36(7,51-32)50-13-12-23(49-8)17(3)28(43)19(5)29(44)18(4)27(15)42/h9-15,17-19,23,27-29,42-46H,1-8H3,(H3,37,38)(H,39,48)/b10-9+,13-12+,16-11-,41-40?. The van der Waals surface area contributed by atoms with Crippen molar-refractivity contribution in [2.75, 3.05) is 12.4 Å². The Kier molecular flexibility index (Phi) is 11.6.